The van der Waals surface area contributed by atoms with Gasteiger partial charge in [-0.05, 0) is 51.2 Å². The van der Waals surface area contributed by atoms with Gasteiger partial charge >= 0.3 is 6.09 Å². The van der Waals surface area contributed by atoms with Crippen molar-refractivity contribution in [2.45, 2.75) is 51.2 Å². The summed E-state index contributed by atoms with van der Waals surface area (Å²) in [6.45, 7) is 3.66. The van der Waals surface area contributed by atoms with Crippen molar-refractivity contribution in [3.05, 3.63) is 29.3 Å². The quantitative estimate of drug-likeness (QED) is 0.732. The molecule has 1 aliphatic carbocycles. The molecule has 0 radical (unpaired) electrons. The molecule has 0 spiro atoms. The number of amides is 1. The zero-order valence-corrected chi connectivity index (χ0v) is 15.5. The lowest BCUT2D eigenvalue weighted by Gasteiger charge is -2.23. The fourth-order valence-electron chi connectivity index (χ4n) is 3.36. The molecular formula is C19H27F2NO4. The van der Waals surface area contributed by atoms with Crippen molar-refractivity contribution in [2.75, 3.05) is 20.1 Å². The van der Waals surface area contributed by atoms with E-state index in [1.165, 1.54) is 0 Å². The van der Waals surface area contributed by atoms with E-state index >= 15 is 0 Å². The van der Waals surface area contributed by atoms with E-state index in [9.17, 15) is 18.7 Å². The zero-order valence-electron chi connectivity index (χ0n) is 15.5. The monoisotopic (exact) mass is 371 g/mol. The van der Waals surface area contributed by atoms with Crippen LogP contribution in [-0.2, 0) is 16.7 Å². The van der Waals surface area contributed by atoms with E-state index in [1.807, 2.05) is 0 Å². The summed E-state index contributed by atoms with van der Waals surface area (Å²) >= 11 is 0. The minimum Gasteiger partial charge on any atom is -0.463 e. The minimum atomic E-state index is -1.02. The standard InChI is InChI=1S/C19H27F2NO4/c1-18(2,3)26-17(24)22-10-14-15(5-4-6-16(14)25-12-21)19(11-20)9-13(19)7-8-23/h4-6,13,23H,7-12H2,1-3H3,(H,22,24)/t13-,19+/m1/s1. The molecule has 0 bridgehead atoms. The third-order valence-corrected chi connectivity index (χ3v) is 4.64. The molecule has 1 aromatic rings. The topological polar surface area (TPSA) is 67.8 Å². The maximum Gasteiger partial charge on any atom is 0.407 e. The largest absolute Gasteiger partial charge is 0.463 e. The second-order valence-corrected chi connectivity index (χ2v) is 7.59. The van der Waals surface area contributed by atoms with Gasteiger partial charge in [-0.3, -0.25) is 4.39 Å². The van der Waals surface area contributed by atoms with E-state index in [4.69, 9.17) is 9.47 Å². The van der Waals surface area contributed by atoms with Gasteiger partial charge in [-0.1, -0.05) is 12.1 Å². The number of benzene rings is 1. The van der Waals surface area contributed by atoms with E-state index < -0.39 is 30.6 Å². The highest BCUT2D eigenvalue weighted by molar-refractivity contribution is 5.68. The average Bonchev–Trinajstić information content (AvgIpc) is 3.27. The Hall–Kier alpha value is -1.89. The van der Waals surface area contributed by atoms with E-state index in [-0.39, 0.29) is 24.8 Å². The van der Waals surface area contributed by atoms with Gasteiger partial charge in [-0.15, -0.1) is 0 Å². The number of aliphatic hydroxyl groups is 1. The molecule has 2 rings (SSSR count). The highest BCUT2D eigenvalue weighted by Gasteiger charge is 2.55. The van der Waals surface area contributed by atoms with Gasteiger partial charge in [0.25, 0.3) is 0 Å². The fraction of sp³-hybridized carbons (Fsp3) is 0.632. The lowest BCUT2D eigenvalue weighted by atomic mass is 9.89. The van der Waals surface area contributed by atoms with Gasteiger partial charge in [-0.25, -0.2) is 9.18 Å². The molecule has 0 aromatic heterocycles. The number of carbonyl (C=O) groups excluding carboxylic acids is 1. The van der Waals surface area contributed by atoms with Gasteiger partial charge < -0.3 is 19.9 Å². The molecule has 2 atom stereocenters. The van der Waals surface area contributed by atoms with E-state index in [2.05, 4.69) is 5.32 Å². The number of hydrogen-bond donors (Lipinski definition) is 2. The van der Waals surface area contributed by atoms with Crippen molar-refractivity contribution in [1.29, 1.82) is 0 Å². The maximum atomic E-state index is 13.9. The predicted molar refractivity (Wildman–Crippen MR) is 93.6 cm³/mol. The van der Waals surface area contributed by atoms with E-state index in [1.54, 1.807) is 39.0 Å². The van der Waals surface area contributed by atoms with Crippen LogP contribution in [0.4, 0.5) is 13.6 Å². The summed E-state index contributed by atoms with van der Waals surface area (Å²) in [6, 6.07) is 5.04. The number of halogens is 2. The van der Waals surface area contributed by atoms with Crippen LogP contribution in [0.5, 0.6) is 5.75 Å². The summed E-state index contributed by atoms with van der Waals surface area (Å²) in [4.78, 5) is 12.0. The molecular weight excluding hydrogens is 344 g/mol. The van der Waals surface area contributed by atoms with Gasteiger partial charge in [-0.2, -0.15) is 0 Å². The molecule has 1 aliphatic rings. The summed E-state index contributed by atoms with van der Waals surface area (Å²) in [5, 5.41) is 11.8. The van der Waals surface area contributed by atoms with Crippen LogP contribution < -0.4 is 10.1 Å². The van der Waals surface area contributed by atoms with Crippen molar-refractivity contribution in [3.63, 3.8) is 0 Å². The number of nitrogens with one attached hydrogen (secondary N) is 1. The molecule has 1 aromatic carbocycles. The molecule has 146 valence electrons. The molecule has 1 saturated carbocycles. The van der Waals surface area contributed by atoms with Gasteiger partial charge in [0.05, 0.1) is 13.2 Å². The van der Waals surface area contributed by atoms with Crippen molar-refractivity contribution in [1.82, 2.24) is 5.32 Å². The molecule has 0 heterocycles. The predicted octanol–water partition coefficient (Wildman–Crippen LogP) is 3.63. The third-order valence-electron chi connectivity index (χ3n) is 4.64. The molecule has 1 fully saturated rings. The van der Waals surface area contributed by atoms with Gasteiger partial charge in [0.15, 0.2) is 0 Å². The van der Waals surface area contributed by atoms with Crippen LogP contribution in [0.3, 0.4) is 0 Å². The number of alkyl halides is 2. The van der Waals surface area contributed by atoms with Crippen LogP contribution in [0.25, 0.3) is 0 Å². The normalized spacial score (nSPS) is 22.0. The highest BCUT2D eigenvalue weighted by Crippen LogP contribution is 2.57. The molecule has 0 saturated heterocycles. The van der Waals surface area contributed by atoms with Crippen LogP contribution in [0.15, 0.2) is 18.2 Å². The number of rotatable bonds is 8. The minimum absolute atomic E-state index is 0.0124. The molecule has 26 heavy (non-hydrogen) atoms. The summed E-state index contributed by atoms with van der Waals surface area (Å²) in [7, 11) is 0. The average molecular weight is 371 g/mol. The highest BCUT2D eigenvalue weighted by atomic mass is 19.1. The van der Waals surface area contributed by atoms with Crippen molar-refractivity contribution < 1.29 is 28.2 Å². The van der Waals surface area contributed by atoms with Crippen LogP contribution in [0.2, 0.25) is 0 Å². The molecule has 7 heteroatoms. The second kappa shape index (κ2) is 8.20. The van der Waals surface area contributed by atoms with Crippen LogP contribution >= 0.6 is 0 Å². The van der Waals surface area contributed by atoms with Crippen molar-refractivity contribution >= 4 is 6.09 Å². The first-order valence-corrected chi connectivity index (χ1v) is 8.72. The Labute approximate surface area is 152 Å². The smallest absolute Gasteiger partial charge is 0.407 e. The molecule has 0 aliphatic heterocycles. The first kappa shape index (κ1) is 20.4. The lowest BCUT2D eigenvalue weighted by molar-refractivity contribution is 0.0523. The summed E-state index contributed by atoms with van der Waals surface area (Å²) in [6.07, 6.45) is 0.482. The number of alkyl carbamates (subject to hydrolysis) is 1. The number of carbonyl (C=O) groups is 1. The van der Waals surface area contributed by atoms with E-state index in [0.717, 1.165) is 0 Å². The molecule has 5 nitrogen and oxygen atoms in total. The first-order valence-electron chi connectivity index (χ1n) is 8.72. The molecule has 2 N–H and O–H groups in total. The lowest BCUT2D eigenvalue weighted by Crippen LogP contribution is -2.33. The summed E-state index contributed by atoms with van der Waals surface area (Å²) in [5.74, 6) is 0.280. The Morgan fingerprint density at radius 3 is 2.69 bits per heavy atom. The third kappa shape index (κ3) is 4.63. The van der Waals surface area contributed by atoms with Crippen molar-refractivity contribution in [3.8, 4) is 5.75 Å². The molecule has 0 unspecified atom stereocenters. The van der Waals surface area contributed by atoms with E-state index in [0.29, 0.717) is 24.0 Å². The Morgan fingerprint density at radius 2 is 2.12 bits per heavy atom. The fourth-order valence-corrected chi connectivity index (χ4v) is 3.36. The number of aliphatic hydroxyl groups excluding tert-OH is 1. The Balaban J connectivity index is 2.26. The Kier molecular flexibility index (Phi) is 6.44. The second-order valence-electron chi connectivity index (χ2n) is 7.59. The van der Waals surface area contributed by atoms with Crippen molar-refractivity contribution in [2.24, 2.45) is 5.92 Å². The van der Waals surface area contributed by atoms with Crippen LogP contribution in [0.1, 0.15) is 44.7 Å². The number of ether oxygens (including phenoxy) is 2. The zero-order chi connectivity index (χ0) is 19.4. The number of hydrogen-bond acceptors (Lipinski definition) is 4. The van der Waals surface area contributed by atoms with Gasteiger partial charge in [0, 0.05) is 17.6 Å². The Bertz CT molecular complexity index is 632. The van der Waals surface area contributed by atoms with Gasteiger partial charge in [0.2, 0.25) is 6.86 Å². The van der Waals surface area contributed by atoms with Crippen LogP contribution in [0, 0.1) is 5.92 Å². The SMILES string of the molecule is CC(C)(C)OC(=O)NCc1c(OCF)cccc1[C@]1(CF)C[C@H]1CCO. The van der Waals surface area contributed by atoms with Crippen LogP contribution in [-0.4, -0.2) is 36.9 Å². The molecule has 1 amide bonds. The van der Waals surface area contributed by atoms with Gasteiger partial charge in [0.1, 0.15) is 11.4 Å². The first-order chi connectivity index (χ1) is 12.3. The Morgan fingerprint density at radius 1 is 1.38 bits per heavy atom. The summed E-state index contributed by atoms with van der Waals surface area (Å²) < 4.78 is 36.9. The maximum absolute atomic E-state index is 13.9. The summed E-state index contributed by atoms with van der Waals surface area (Å²) in [5.41, 5.74) is -0.150.